The van der Waals surface area contributed by atoms with Crippen LogP contribution in [0.1, 0.15) is 16.1 Å². The van der Waals surface area contributed by atoms with Crippen molar-refractivity contribution in [1.29, 1.82) is 0 Å². The van der Waals surface area contributed by atoms with Gasteiger partial charge in [-0.2, -0.15) is 0 Å². The summed E-state index contributed by atoms with van der Waals surface area (Å²) in [5.74, 6) is 0.348. The van der Waals surface area contributed by atoms with E-state index < -0.39 is 5.97 Å². The maximum Gasteiger partial charge on any atom is 0.357 e. The predicted octanol–water partition coefficient (Wildman–Crippen LogP) is 2.45. The fourth-order valence-electron chi connectivity index (χ4n) is 1.43. The van der Waals surface area contributed by atoms with Crippen molar-refractivity contribution in [3.05, 3.63) is 59.9 Å². The van der Waals surface area contributed by atoms with Crippen molar-refractivity contribution in [2.45, 2.75) is 6.61 Å². The summed E-state index contributed by atoms with van der Waals surface area (Å²) in [6.07, 6.45) is 1.56. The zero-order chi connectivity index (χ0) is 12.8. The molecule has 0 aliphatic carbocycles. The Bertz CT molecular complexity index is 508. The molecule has 0 aliphatic rings. The Labute approximate surface area is 105 Å². The minimum atomic E-state index is -0.425. The van der Waals surface area contributed by atoms with Crippen LogP contribution in [0.25, 0.3) is 0 Å². The van der Waals surface area contributed by atoms with Crippen LogP contribution in [-0.4, -0.2) is 18.1 Å². The summed E-state index contributed by atoms with van der Waals surface area (Å²) < 4.78 is 10.2. The number of pyridine rings is 1. The van der Waals surface area contributed by atoms with Crippen LogP contribution in [0, 0.1) is 0 Å². The molecule has 0 atom stereocenters. The van der Waals surface area contributed by atoms with Crippen LogP contribution in [-0.2, 0) is 11.3 Å². The number of esters is 1. The highest BCUT2D eigenvalue weighted by Gasteiger charge is 2.07. The van der Waals surface area contributed by atoms with Gasteiger partial charge < -0.3 is 9.47 Å². The van der Waals surface area contributed by atoms with E-state index in [0.29, 0.717) is 5.69 Å². The molecule has 1 aromatic carbocycles. The molecule has 0 spiro atoms. The van der Waals surface area contributed by atoms with Crippen molar-refractivity contribution in [1.82, 2.24) is 4.98 Å². The summed E-state index contributed by atoms with van der Waals surface area (Å²) >= 11 is 0. The quantitative estimate of drug-likeness (QED) is 0.774. The Morgan fingerprint density at radius 3 is 2.56 bits per heavy atom. The Hall–Kier alpha value is -2.36. The van der Waals surface area contributed by atoms with Crippen LogP contribution in [0.3, 0.4) is 0 Å². The van der Waals surface area contributed by atoms with Crippen LogP contribution < -0.4 is 4.74 Å². The smallest absolute Gasteiger partial charge is 0.357 e. The average Bonchev–Trinajstić information content (AvgIpc) is 2.46. The van der Waals surface area contributed by atoms with Gasteiger partial charge in [-0.15, -0.1) is 0 Å². The monoisotopic (exact) mass is 243 g/mol. The lowest BCUT2D eigenvalue weighted by atomic mass is 10.2. The van der Waals surface area contributed by atoms with Gasteiger partial charge in [-0.1, -0.05) is 18.2 Å². The highest BCUT2D eigenvalue weighted by Crippen LogP contribution is 2.12. The highest BCUT2D eigenvalue weighted by molar-refractivity contribution is 5.87. The van der Waals surface area contributed by atoms with E-state index in [1.165, 1.54) is 0 Å². The third-order valence-electron chi connectivity index (χ3n) is 2.40. The number of carbonyl (C=O) groups excluding carboxylic acids is 1. The molecule has 4 heteroatoms. The standard InChI is InChI=1S/C14H13NO3/c1-17-12-7-5-11(6-8-12)10-18-14(16)13-4-2-3-9-15-13/h2-9H,10H2,1H3. The van der Waals surface area contributed by atoms with Gasteiger partial charge in [0.2, 0.25) is 0 Å². The zero-order valence-electron chi connectivity index (χ0n) is 10.00. The molecule has 1 aromatic heterocycles. The molecular weight excluding hydrogens is 230 g/mol. The maximum atomic E-state index is 11.6. The molecule has 0 bridgehead atoms. The van der Waals surface area contributed by atoms with E-state index in [4.69, 9.17) is 9.47 Å². The number of ether oxygens (including phenoxy) is 2. The van der Waals surface area contributed by atoms with Crippen molar-refractivity contribution >= 4 is 5.97 Å². The largest absolute Gasteiger partial charge is 0.497 e. The molecule has 92 valence electrons. The molecule has 0 amide bonds. The second-order valence-corrected chi connectivity index (χ2v) is 3.64. The van der Waals surface area contributed by atoms with Crippen LogP contribution >= 0.6 is 0 Å². The SMILES string of the molecule is COc1ccc(COC(=O)c2ccccn2)cc1. The predicted molar refractivity (Wildman–Crippen MR) is 66.4 cm³/mol. The summed E-state index contributed by atoms with van der Waals surface area (Å²) in [7, 11) is 1.61. The van der Waals surface area contributed by atoms with Crippen molar-refractivity contribution < 1.29 is 14.3 Å². The van der Waals surface area contributed by atoms with Gasteiger partial charge in [0.1, 0.15) is 18.1 Å². The summed E-state index contributed by atoms with van der Waals surface area (Å²) in [4.78, 5) is 15.6. The van der Waals surface area contributed by atoms with Crippen LogP contribution in [0.2, 0.25) is 0 Å². The van der Waals surface area contributed by atoms with E-state index >= 15 is 0 Å². The Morgan fingerprint density at radius 1 is 1.17 bits per heavy atom. The lowest BCUT2D eigenvalue weighted by Crippen LogP contribution is -2.06. The van der Waals surface area contributed by atoms with Crippen LogP contribution in [0.4, 0.5) is 0 Å². The van der Waals surface area contributed by atoms with E-state index in [0.717, 1.165) is 11.3 Å². The third-order valence-corrected chi connectivity index (χ3v) is 2.40. The minimum Gasteiger partial charge on any atom is -0.497 e. The first-order valence-corrected chi connectivity index (χ1v) is 5.50. The first-order chi connectivity index (χ1) is 8.79. The summed E-state index contributed by atoms with van der Waals surface area (Å²) in [5.41, 5.74) is 1.21. The van der Waals surface area contributed by atoms with Gasteiger partial charge in [0.05, 0.1) is 7.11 Å². The number of nitrogens with zero attached hydrogens (tertiary/aromatic N) is 1. The average molecular weight is 243 g/mol. The number of aromatic nitrogens is 1. The molecule has 1 heterocycles. The number of rotatable bonds is 4. The van der Waals surface area contributed by atoms with Crippen molar-refractivity contribution in [3.8, 4) is 5.75 Å². The van der Waals surface area contributed by atoms with Gasteiger partial charge in [0, 0.05) is 6.20 Å². The van der Waals surface area contributed by atoms with Gasteiger partial charge in [0.15, 0.2) is 0 Å². The third kappa shape index (κ3) is 3.07. The summed E-state index contributed by atoms with van der Waals surface area (Å²) in [5, 5.41) is 0. The molecule has 2 rings (SSSR count). The molecule has 0 saturated heterocycles. The molecule has 0 aliphatic heterocycles. The Morgan fingerprint density at radius 2 is 1.94 bits per heavy atom. The van der Waals surface area contributed by atoms with E-state index in [1.54, 1.807) is 31.5 Å². The van der Waals surface area contributed by atoms with Gasteiger partial charge >= 0.3 is 5.97 Å². The number of methoxy groups -OCH3 is 1. The second-order valence-electron chi connectivity index (χ2n) is 3.64. The fraction of sp³-hybridized carbons (Fsp3) is 0.143. The number of carbonyl (C=O) groups is 1. The molecule has 4 nitrogen and oxygen atoms in total. The summed E-state index contributed by atoms with van der Waals surface area (Å²) in [6.45, 7) is 0.222. The molecule has 2 aromatic rings. The molecule has 0 saturated carbocycles. The van der Waals surface area contributed by atoms with Gasteiger partial charge in [-0.05, 0) is 29.8 Å². The van der Waals surface area contributed by atoms with Crippen LogP contribution in [0.5, 0.6) is 5.75 Å². The maximum absolute atomic E-state index is 11.6. The minimum absolute atomic E-state index is 0.222. The first kappa shape index (κ1) is 12.1. The van der Waals surface area contributed by atoms with E-state index in [2.05, 4.69) is 4.98 Å². The zero-order valence-corrected chi connectivity index (χ0v) is 10.00. The van der Waals surface area contributed by atoms with Gasteiger partial charge in [-0.3, -0.25) is 0 Å². The van der Waals surface area contributed by atoms with Crippen molar-refractivity contribution in [2.75, 3.05) is 7.11 Å². The molecule has 0 N–H and O–H groups in total. The van der Waals surface area contributed by atoms with E-state index in [1.807, 2.05) is 24.3 Å². The molecule has 0 radical (unpaired) electrons. The lowest BCUT2D eigenvalue weighted by Gasteiger charge is -2.05. The highest BCUT2D eigenvalue weighted by atomic mass is 16.5. The normalized spacial score (nSPS) is 9.83. The molecule has 0 unspecified atom stereocenters. The second kappa shape index (κ2) is 5.82. The Balaban J connectivity index is 1.93. The van der Waals surface area contributed by atoms with Gasteiger partial charge in [0.25, 0.3) is 0 Å². The molecular formula is C14H13NO3. The van der Waals surface area contributed by atoms with E-state index in [-0.39, 0.29) is 6.61 Å². The molecule has 18 heavy (non-hydrogen) atoms. The number of hydrogen-bond acceptors (Lipinski definition) is 4. The molecule has 0 fully saturated rings. The van der Waals surface area contributed by atoms with Crippen molar-refractivity contribution in [2.24, 2.45) is 0 Å². The fourth-order valence-corrected chi connectivity index (χ4v) is 1.43. The Kier molecular flexibility index (Phi) is 3.91. The number of benzene rings is 1. The number of hydrogen-bond donors (Lipinski definition) is 0. The van der Waals surface area contributed by atoms with Crippen LogP contribution in [0.15, 0.2) is 48.7 Å². The lowest BCUT2D eigenvalue weighted by molar-refractivity contribution is 0.0465. The first-order valence-electron chi connectivity index (χ1n) is 5.50. The summed E-state index contributed by atoms with van der Waals surface area (Å²) in [6, 6.07) is 12.5. The van der Waals surface area contributed by atoms with Crippen molar-refractivity contribution in [3.63, 3.8) is 0 Å². The van der Waals surface area contributed by atoms with E-state index in [9.17, 15) is 4.79 Å². The topological polar surface area (TPSA) is 48.4 Å². The van der Waals surface area contributed by atoms with Gasteiger partial charge in [-0.25, -0.2) is 9.78 Å².